The minimum absolute atomic E-state index is 0.278. The van der Waals surface area contributed by atoms with Crippen LogP contribution in [0.1, 0.15) is 23.8 Å². The van der Waals surface area contributed by atoms with Gasteiger partial charge in [-0.25, -0.2) is 0 Å². The van der Waals surface area contributed by atoms with Crippen LogP contribution >= 0.6 is 0 Å². The van der Waals surface area contributed by atoms with Gasteiger partial charge in [0.05, 0.1) is 11.4 Å². The second-order valence-electron chi connectivity index (χ2n) is 4.77. The summed E-state index contributed by atoms with van der Waals surface area (Å²) in [6.45, 7) is 1.93. The van der Waals surface area contributed by atoms with E-state index in [0.717, 1.165) is 10.9 Å². The first-order chi connectivity index (χ1) is 9.50. The lowest BCUT2D eigenvalue weighted by molar-refractivity contribution is -0.141. The lowest BCUT2D eigenvalue weighted by Gasteiger charge is -2.06. The van der Waals surface area contributed by atoms with Gasteiger partial charge >= 0.3 is 5.97 Å². The molecule has 2 N–H and O–H groups in total. The number of aliphatic carboxylic acids is 1. The number of aromatic nitrogens is 2. The summed E-state index contributed by atoms with van der Waals surface area (Å²) in [7, 11) is 1.78. The molecule has 0 saturated heterocycles. The quantitative estimate of drug-likeness (QED) is 0.864. The number of carboxylic acids is 1. The molecule has 1 aromatic heterocycles. The molecule has 6 heteroatoms. The molecule has 0 saturated carbocycles. The van der Waals surface area contributed by atoms with E-state index in [1.54, 1.807) is 18.7 Å². The number of rotatable bonds is 5. The number of nitrogens with one attached hydrogen (secondary N) is 1. The number of benzene rings is 1. The van der Waals surface area contributed by atoms with Crippen LogP contribution in [0.2, 0.25) is 0 Å². The fourth-order valence-electron chi connectivity index (χ4n) is 1.99. The van der Waals surface area contributed by atoms with E-state index in [1.165, 1.54) is 0 Å². The first kappa shape index (κ1) is 14.0. The zero-order chi connectivity index (χ0) is 14.7. The first-order valence-corrected chi connectivity index (χ1v) is 6.43. The molecule has 0 aliphatic heterocycles. The summed E-state index contributed by atoms with van der Waals surface area (Å²) in [6, 6.07) is 7.48. The third-order valence-corrected chi connectivity index (χ3v) is 3.26. The van der Waals surface area contributed by atoms with Gasteiger partial charge < -0.3 is 10.4 Å². The topological polar surface area (TPSA) is 84.2 Å². The van der Waals surface area contributed by atoms with Gasteiger partial charge in [0.15, 0.2) is 5.69 Å². The molecule has 1 atom stereocenters. The number of nitrogens with zero attached hydrogens (tertiary/aromatic N) is 2. The summed E-state index contributed by atoms with van der Waals surface area (Å²) < 4.78 is 1.66. The molecule has 0 bridgehead atoms. The largest absolute Gasteiger partial charge is 0.481 e. The molecular formula is C14H17N3O3. The van der Waals surface area contributed by atoms with E-state index in [2.05, 4.69) is 10.4 Å². The molecule has 106 valence electrons. The zero-order valence-corrected chi connectivity index (χ0v) is 11.5. The molecule has 1 unspecified atom stereocenters. The van der Waals surface area contributed by atoms with E-state index in [1.807, 2.05) is 24.3 Å². The molecule has 6 nitrogen and oxygen atoms in total. The van der Waals surface area contributed by atoms with Crippen LogP contribution in [0.5, 0.6) is 0 Å². The van der Waals surface area contributed by atoms with Crippen LogP contribution in [0.15, 0.2) is 24.3 Å². The van der Waals surface area contributed by atoms with Crippen LogP contribution in [-0.4, -0.2) is 33.3 Å². The number of amides is 1. The number of hydrogen-bond acceptors (Lipinski definition) is 3. The number of fused-ring (bicyclic) bond motifs is 1. The van der Waals surface area contributed by atoms with Crippen LogP contribution in [0, 0.1) is 5.92 Å². The monoisotopic (exact) mass is 275 g/mol. The average molecular weight is 275 g/mol. The summed E-state index contributed by atoms with van der Waals surface area (Å²) in [5, 5.41) is 16.5. The van der Waals surface area contributed by atoms with Crippen molar-refractivity contribution < 1.29 is 14.7 Å². The van der Waals surface area contributed by atoms with Crippen molar-refractivity contribution >= 4 is 22.8 Å². The summed E-state index contributed by atoms with van der Waals surface area (Å²) in [4.78, 5) is 22.8. The number of hydrogen-bond donors (Lipinski definition) is 2. The van der Waals surface area contributed by atoms with Gasteiger partial charge in [-0.2, -0.15) is 5.10 Å². The first-order valence-electron chi connectivity index (χ1n) is 6.43. The van der Waals surface area contributed by atoms with Crippen LogP contribution in [-0.2, 0) is 11.8 Å². The highest BCUT2D eigenvalue weighted by Crippen LogP contribution is 2.17. The Kier molecular flexibility index (Phi) is 4.02. The van der Waals surface area contributed by atoms with E-state index in [9.17, 15) is 9.59 Å². The molecule has 2 aromatic rings. The number of carbonyl (C=O) groups excluding carboxylic acids is 1. The highest BCUT2D eigenvalue weighted by atomic mass is 16.4. The number of aryl methyl sites for hydroxylation is 1. The molecule has 0 fully saturated rings. The number of carbonyl (C=O) groups is 2. The van der Waals surface area contributed by atoms with Gasteiger partial charge in [0, 0.05) is 19.0 Å². The second-order valence-corrected chi connectivity index (χ2v) is 4.77. The molecule has 20 heavy (non-hydrogen) atoms. The van der Waals surface area contributed by atoms with Crippen molar-refractivity contribution in [2.45, 2.75) is 13.3 Å². The van der Waals surface area contributed by atoms with Gasteiger partial charge in [-0.15, -0.1) is 0 Å². The molecule has 2 rings (SSSR count). The molecule has 0 spiro atoms. The SMILES string of the molecule is CC(CCNC(=O)c1nn(C)c2ccccc12)C(=O)O. The van der Waals surface area contributed by atoms with Crippen molar-refractivity contribution in [2.75, 3.05) is 6.54 Å². The van der Waals surface area contributed by atoms with Crippen molar-refractivity contribution in [3.63, 3.8) is 0 Å². The van der Waals surface area contributed by atoms with Crippen LogP contribution < -0.4 is 5.32 Å². The Morgan fingerprint density at radius 3 is 2.80 bits per heavy atom. The number of carboxylic acid groups (broad SMARTS) is 1. The Bertz CT molecular complexity index is 648. The molecular weight excluding hydrogens is 258 g/mol. The van der Waals surface area contributed by atoms with Gasteiger partial charge in [0.25, 0.3) is 5.91 Å². The third kappa shape index (κ3) is 2.79. The van der Waals surface area contributed by atoms with Crippen molar-refractivity contribution in [1.82, 2.24) is 15.1 Å². The standard InChI is InChI=1S/C14H17N3O3/c1-9(14(19)20)7-8-15-13(18)12-10-5-3-4-6-11(10)17(2)16-12/h3-6,9H,7-8H2,1-2H3,(H,15,18)(H,19,20). The molecule has 0 aliphatic rings. The normalized spacial score (nSPS) is 12.3. The van der Waals surface area contributed by atoms with Gasteiger partial charge in [-0.1, -0.05) is 25.1 Å². The Morgan fingerprint density at radius 1 is 1.40 bits per heavy atom. The van der Waals surface area contributed by atoms with Gasteiger partial charge in [-0.3, -0.25) is 14.3 Å². The summed E-state index contributed by atoms with van der Waals surface area (Å²) in [5.74, 6) is -1.61. The fraction of sp³-hybridized carbons (Fsp3) is 0.357. The molecule has 1 aromatic carbocycles. The van der Waals surface area contributed by atoms with Gasteiger partial charge in [0.1, 0.15) is 0 Å². The Hall–Kier alpha value is -2.37. The molecule has 0 radical (unpaired) electrons. The molecule has 1 heterocycles. The maximum absolute atomic E-state index is 12.1. The summed E-state index contributed by atoms with van der Waals surface area (Å²) in [6.07, 6.45) is 0.395. The van der Waals surface area contributed by atoms with Crippen LogP contribution in [0.3, 0.4) is 0 Å². The summed E-state index contributed by atoms with van der Waals surface area (Å²) >= 11 is 0. The Morgan fingerprint density at radius 2 is 2.10 bits per heavy atom. The van der Waals surface area contributed by atoms with Crippen molar-refractivity contribution in [3.8, 4) is 0 Å². The van der Waals surface area contributed by atoms with Gasteiger partial charge in [0.2, 0.25) is 0 Å². The predicted molar refractivity (Wildman–Crippen MR) is 74.5 cm³/mol. The minimum Gasteiger partial charge on any atom is -0.481 e. The summed E-state index contributed by atoms with van der Waals surface area (Å²) in [5.41, 5.74) is 1.25. The highest BCUT2D eigenvalue weighted by Gasteiger charge is 2.16. The highest BCUT2D eigenvalue weighted by molar-refractivity contribution is 6.04. The predicted octanol–water partition coefficient (Wildman–Crippen LogP) is 1.41. The smallest absolute Gasteiger partial charge is 0.306 e. The molecule has 0 aliphatic carbocycles. The van der Waals surface area contributed by atoms with E-state index in [0.29, 0.717) is 18.7 Å². The van der Waals surface area contributed by atoms with E-state index in [-0.39, 0.29) is 5.91 Å². The molecule has 1 amide bonds. The van der Waals surface area contributed by atoms with Crippen molar-refractivity contribution in [1.29, 1.82) is 0 Å². The van der Waals surface area contributed by atoms with Crippen molar-refractivity contribution in [3.05, 3.63) is 30.0 Å². The zero-order valence-electron chi connectivity index (χ0n) is 11.5. The number of para-hydroxylation sites is 1. The second kappa shape index (κ2) is 5.73. The van der Waals surface area contributed by atoms with E-state index >= 15 is 0 Å². The maximum atomic E-state index is 12.1. The lowest BCUT2D eigenvalue weighted by Crippen LogP contribution is -2.27. The maximum Gasteiger partial charge on any atom is 0.306 e. The lowest BCUT2D eigenvalue weighted by atomic mass is 10.1. The van der Waals surface area contributed by atoms with Crippen LogP contribution in [0.4, 0.5) is 0 Å². The van der Waals surface area contributed by atoms with Crippen molar-refractivity contribution in [2.24, 2.45) is 13.0 Å². The Balaban J connectivity index is 2.07. The van der Waals surface area contributed by atoms with E-state index in [4.69, 9.17) is 5.11 Å². The van der Waals surface area contributed by atoms with Crippen LogP contribution in [0.25, 0.3) is 10.9 Å². The van der Waals surface area contributed by atoms with E-state index < -0.39 is 11.9 Å². The Labute approximate surface area is 116 Å². The average Bonchev–Trinajstić information content (AvgIpc) is 2.76. The third-order valence-electron chi connectivity index (χ3n) is 3.26. The minimum atomic E-state index is -0.859. The fourth-order valence-corrected chi connectivity index (χ4v) is 1.99. The van der Waals surface area contributed by atoms with Gasteiger partial charge in [-0.05, 0) is 12.5 Å².